The van der Waals surface area contributed by atoms with Crippen molar-refractivity contribution in [2.75, 3.05) is 31.1 Å². The number of likely N-dealkylation sites (tertiary alicyclic amines) is 1. The Labute approximate surface area is 193 Å². The van der Waals surface area contributed by atoms with Gasteiger partial charge in [0.05, 0.1) is 11.7 Å². The average molecular weight is 453 g/mol. The highest BCUT2D eigenvalue weighted by atomic mass is 16.6. The molecule has 0 spiro atoms. The summed E-state index contributed by atoms with van der Waals surface area (Å²) in [5, 5.41) is 9.84. The average Bonchev–Trinajstić information content (AvgIpc) is 3.38. The van der Waals surface area contributed by atoms with Crippen molar-refractivity contribution in [2.24, 2.45) is 11.8 Å². The van der Waals surface area contributed by atoms with Crippen LogP contribution < -0.4 is 4.90 Å². The molecule has 9 heteroatoms. The quantitative estimate of drug-likeness (QED) is 0.583. The van der Waals surface area contributed by atoms with Crippen LogP contribution in [0.5, 0.6) is 0 Å². The number of rotatable bonds is 3. The second kappa shape index (κ2) is 8.04. The Bertz CT molecular complexity index is 1150. The van der Waals surface area contributed by atoms with Gasteiger partial charge in [-0.25, -0.2) is 4.79 Å². The van der Waals surface area contributed by atoms with Gasteiger partial charge in [-0.3, -0.25) is 4.68 Å². The smallest absolute Gasteiger partial charge is 0.410 e. The molecule has 5 rings (SSSR count). The van der Waals surface area contributed by atoms with Gasteiger partial charge in [0.15, 0.2) is 0 Å². The van der Waals surface area contributed by atoms with Crippen molar-refractivity contribution in [3.63, 3.8) is 0 Å². The zero-order valence-electron chi connectivity index (χ0n) is 20.0. The van der Waals surface area contributed by atoms with Gasteiger partial charge < -0.3 is 19.1 Å². The summed E-state index contributed by atoms with van der Waals surface area (Å²) >= 11 is 0. The fourth-order valence-electron chi connectivity index (χ4n) is 4.96. The molecule has 3 aromatic rings. The SMILES string of the molecule is CC(C)n1ncc2ccc(-c3noc(N4C[C@H]5C[C@@H](CN(C(=O)OC(C)(C)C)C5)C4)n3)cc21. The summed E-state index contributed by atoms with van der Waals surface area (Å²) < 4.78 is 13.3. The van der Waals surface area contributed by atoms with Gasteiger partial charge in [0, 0.05) is 43.2 Å². The molecule has 1 amide bonds. The highest BCUT2D eigenvalue weighted by molar-refractivity contribution is 5.83. The van der Waals surface area contributed by atoms with Crippen molar-refractivity contribution in [1.82, 2.24) is 24.8 Å². The van der Waals surface area contributed by atoms with Gasteiger partial charge in [0.2, 0.25) is 5.82 Å². The fourth-order valence-corrected chi connectivity index (χ4v) is 4.96. The molecule has 2 fully saturated rings. The second-order valence-electron chi connectivity index (χ2n) is 10.6. The maximum absolute atomic E-state index is 12.5. The Morgan fingerprint density at radius 2 is 1.88 bits per heavy atom. The van der Waals surface area contributed by atoms with Crippen LogP contribution in [-0.4, -0.2) is 62.7 Å². The van der Waals surface area contributed by atoms with Crippen molar-refractivity contribution >= 4 is 23.0 Å². The molecule has 2 aliphatic heterocycles. The molecule has 33 heavy (non-hydrogen) atoms. The molecular formula is C24H32N6O3. The van der Waals surface area contributed by atoms with E-state index in [1.807, 2.05) is 48.7 Å². The molecule has 4 heterocycles. The van der Waals surface area contributed by atoms with Crippen LogP contribution in [0.15, 0.2) is 28.9 Å². The first-order chi connectivity index (χ1) is 15.7. The van der Waals surface area contributed by atoms with Crippen LogP contribution in [0, 0.1) is 11.8 Å². The number of amides is 1. The number of hydrogen-bond acceptors (Lipinski definition) is 7. The molecule has 2 aromatic heterocycles. The van der Waals surface area contributed by atoms with Gasteiger partial charge in [-0.2, -0.15) is 10.1 Å². The molecule has 0 N–H and O–H groups in total. The van der Waals surface area contributed by atoms with Crippen LogP contribution in [-0.2, 0) is 4.74 Å². The third-order valence-electron chi connectivity index (χ3n) is 6.26. The van der Waals surface area contributed by atoms with E-state index in [4.69, 9.17) is 14.2 Å². The molecule has 0 unspecified atom stereocenters. The lowest BCUT2D eigenvalue weighted by Gasteiger charge is -2.45. The summed E-state index contributed by atoms with van der Waals surface area (Å²) in [5.41, 5.74) is 1.49. The maximum atomic E-state index is 12.5. The summed E-state index contributed by atoms with van der Waals surface area (Å²) in [6, 6.07) is 6.94. The third kappa shape index (κ3) is 4.41. The van der Waals surface area contributed by atoms with E-state index in [-0.39, 0.29) is 12.1 Å². The van der Waals surface area contributed by atoms with Crippen molar-refractivity contribution in [3.8, 4) is 11.4 Å². The summed E-state index contributed by atoms with van der Waals surface area (Å²) in [4.78, 5) is 21.3. The zero-order chi connectivity index (χ0) is 23.3. The number of anilines is 1. The number of carbonyl (C=O) groups is 1. The number of fused-ring (bicyclic) bond motifs is 3. The Kier molecular flexibility index (Phi) is 5.29. The molecule has 2 saturated heterocycles. The van der Waals surface area contributed by atoms with Crippen molar-refractivity contribution < 1.29 is 14.1 Å². The minimum atomic E-state index is -0.480. The lowest BCUT2D eigenvalue weighted by Crippen LogP contribution is -2.55. The van der Waals surface area contributed by atoms with Gasteiger partial charge >= 0.3 is 12.1 Å². The number of ether oxygens (including phenoxy) is 1. The number of aromatic nitrogens is 4. The first-order valence-electron chi connectivity index (χ1n) is 11.7. The lowest BCUT2D eigenvalue weighted by atomic mass is 9.85. The monoisotopic (exact) mass is 452 g/mol. The van der Waals surface area contributed by atoms with Crippen molar-refractivity contribution in [1.29, 1.82) is 0 Å². The fraction of sp³-hybridized carbons (Fsp3) is 0.583. The van der Waals surface area contributed by atoms with Crippen LogP contribution in [0.3, 0.4) is 0 Å². The largest absolute Gasteiger partial charge is 0.444 e. The Balaban J connectivity index is 1.30. The minimum Gasteiger partial charge on any atom is -0.444 e. The summed E-state index contributed by atoms with van der Waals surface area (Å²) in [5.74, 6) is 1.30. The summed E-state index contributed by atoms with van der Waals surface area (Å²) in [7, 11) is 0. The molecule has 0 saturated carbocycles. The van der Waals surface area contributed by atoms with E-state index in [9.17, 15) is 4.79 Å². The summed E-state index contributed by atoms with van der Waals surface area (Å²) in [6.07, 6.45) is 2.77. The van der Waals surface area contributed by atoms with E-state index in [1.165, 1.54) is 0 Å². The number of piperidine rings is 2. The third-order valence-corrected chi connectivity index (χ3v) is 6.26. The van der Waals surface area contributed by atoms with Gasteiger partial charge in [-0.1, -0.05) is 17.3 Å². The van der Waals surface area contributed by atoms with Crippen LogP contribution >= 0.6 is 0 Å². The van der Waals surface area contributed by atoms with E-state index in [2.05, 4.69) is 35.1 Å². The molecule has 2 bridgehead atoms. The van der Waals surface area contributed by atoms with Crippen LogP contribution in [0.2, 0.25) is 0 Å². The number of hydrogen-bond donors (Lipinski definition) is 0. The lowest BCUT2D eigenvalue weighted by molar-refractivity contribution is 0.00736. The predicted octanol–water partition coefficient (Wildman–Crippen LogP) is 4.36. The normalized spacial score (nSPS) is 21.2. The molecule has 2 atom stereocenters. The first kappa shape index (κ1) is 21.7. The van der Waals surface area contributed by atoms with Gasteiger partial charge in [0.25, 0.3) is 0 Å². The van der Waals surface area contributed by atoms with Gasteiger partial charge in [-0.15, -0.1) is 0 Å². The van der Waals surface area contributed by atoms with E-state index in [1.54, 1.807) is 0 Å². The second-order valence-corrected chi connectivity index (χ2v) is 10.6. The van der Waals surface area contributed by atoms with Crippen LogP contribution in [0.25, 0.3) is 22.3 Å². The Hall–Kier alpha value is -3.10. The molecule has 0 radical (unpaired) electrons. The molecule has 2 aliphatic rings. The van der Waals surface area contributed by atoms with Crippen LogP contribution in [0.4, 0.5) is 10.8 Å². The van der Waals surface area contributed by atoms with E-state index >= 15 is 0 Å². The number of nitrogens with zero attached hydrogens (tertiary/aromatic N) is 6. The molecule has 176 valence electrons. The van der Waals surface area contributed by atoms with Gasteiger partial charge in [-0.05, 0) is 58.9 Å². The van der Waals surface area contributed by atoms with Crippen molar-refractivity contribution in [3.05, 3.63) is 24.4 Å². The van der Waals surface area contributed by atoms with E-state index in [0.29, 0.717) is 36.8 Å². The zero-order valence-corrected chi connectivity index (χ0v) is 20.0. The Morgan fingerprint density at radius 3 is 2.55 bits per heavy atom. The predicted molar refractivity (Wildman–Crippen MR) is 125 cm³/mol. The standard InChI is InChI=1S/C24H32N6O3/c1-15(2)30-20-9-18(6-7-19(20)10-25-30)21-26-22(33-27-21)28-11-16-8-17(12-28)14-29(13-16)23(31)32-24(3,4)5/h6-7,9-10,15-17H,8,11-14H2,1-5H3/t16-,17-/m1/s1. The molecule has 0 aliphatic carbocycles. The highest BCUT2D eigenvalue weighted by Crippen LogP contribution is 2.33. The number of carbonyl (C=O) groups excluding carboxylic acids is 1. The minimum absolute atomic E-state index is 0.221. The maximum Gasteiger partial charge on any atom is 0.410 e. The van der Waals surface area contributed by atoms with Gasteiger partial charge in [0.1, 0.15) is 5.60 Å². The highest BCUT2D eigenvalue weighted by Gasteiger charge is 2.38. The summed E-state index contributed by atoms with van der Waals surface area (Å²) in [6.45, 7) is 12.9. The molecular weight excluding hydrogens is 420 g/mol. The van der Waals surface area contributed by atoms with E-state index < -0.39 is 5.60 Å². The molecule has 9 nitrogen and oxygen atoms in total. The molecule has 1 aromatic carbocycles. The Morgan fingerprint density at radius 1 is 1.15 bits per heavy atom. The van der Waals surface area contributed by atoms with E-state index in [0.717, 1.165) is 36.0 Å². The first-order valence-corrected chi connectivity index (χ1v) is 11.7. The number of benzene rings is 1. The topological polar surface area (TPSA) is 89.5 Å². The van der Waals surface area contributed by atoms with Crippen LogP contribution in [0.1, 0.15) is 47.1 Å². The van der Waals surface area contributed by atoms with Crippen molar-refractivity contribution in [2.45, 2.75) is 52.7 Å².